The minimum absolute atomic E-state index is 0.201. The Morgan fingerprint density at radius 1 is 1.19 bits per heavy atom. The van der Waals surface area contributed by atoms with Gasteiger partial charge in [0.25, 0.3) is 0 Å². The summed E-state index contributed by atoms with van der Waals surface area (Å²) in [5, 5.41) is 1.27. The number of benzene rings is 1. The second-order valence-electron chi connectivity index (χ2n) is 8.60. The normalized spacial score (nSPS) is 13.5. The Bertz CT molecular complexity index is 710. The maximum atomic E-state index is 11.6. The van der Waals surface area contributed by atoms with E-state index in [4.69, 9.17) is 9.15 Å². The van der Waals surface area contributed by atoms with Crippen LogP contribution in [0.5, 0.6) is 0 Å². The molecule has 26 heavy (non-hydrogen) atoms. The van der Waals surface area contributed by atoms with Crippen molar-refractivity contribution in [3.05, 3.63) is 53.8 Å². The largest absolute Gasteiger partial charge is 0.474 e. The van der Waals surface area contributed by atoms with Crippen LogP contribution in [-0.4, -0.2) is 14.0 Å². The molecule has 0 N–H and O–H groups in total. The van der Waals surface area contributed by atoms with E-state index in [0.717, 1.165) is 30.2 Å². The van der Waals surface area contributed by atoms with E-state index >= 15 is 0 Å². The van der Waals surface area contributed by atoms with Gasteiger partial charge in [0, 0.05) is 12.5 Å². The molecule has 1 aromatic carbocycles. The first-order chi connectivity index (χ1) is 12.1. The first-order valence-corrected chi connectivity index (χ1v) is 12.4. The smallest absolute Gasteiger partial charge is 0.303 e. The zero-order chi connectivity index (χ0) is 19.4. The zero-order valence-electron chi connectivity index (χ0n) is 17.0. The first kappa shape index (κ1) is 20.5. The number of hydrogen-bond donors (Lipinski definition) is 0. The summed E-state index contributed by atoms with van der Waals surface area (Å²) in [5.74, 6) is -0.246. The maximum Gasteiger partial charge on any atom is 0.303 e. The zero-order valence-corrected chi connectivity index (χ0v) is 18.0. The van der Waals surface area contributed by atoms with Gasteiger partial charge in [0.15, 0.2) is 0 Å². The van der Waals surface area contributed by atoms with Crippen LogP contribution in [-0.2, 0) is 16.0 Å². The van der Waals surface area contributed by atoms with Crippen LogP contribution in [0.15, 0.2) is 47.1 Å². The van der Waals surface area contributed by atoms with Gasteiger partial charge in [0.05, 0.1) is 11.6 Å². The highest BCUT2D eigenvalue weighted by Crippen LogP contribution is 2.36. The van der Waals surface area contributed by atoms with Gasteiger partial charge < -0.3 is 9.15 Å². The Balaban J connectivity index is 2.10. The van der Waals surface area contributed by atoms with Gasteiger partial charge in [-0.15, -0.1) is 0 Å². The molecule has 0 spiro atoms. The van der Waals surface area contributed by atoms with Crippen molar-refractivity contribution in [1.29, 1.82) is 0 Å². The number of rotatable bonds is 7. The Hall–Kier alpha value is -1.81. The Kier molecular flexibility index (Phi) is 6.51. The topological polar surface area (TPSA) is 39.4 Å². The molecule has 0 saturated heterocycles. The number of ether oxygens (including phenoxy) is 1. The van der Waals surface area contributed by atoms with E-state index < -0.39 is 8.07 Å². The van der Waals surface area contributed by atoms with Crippen LogP contribution >= 0.6 is 0 Å². The average molecular weight is 373 g/mol. The van der Waals surface area contributed by atoms with Gasteiger partial charge in [-0.3, -0.25) is 4.79 Å². The van der Waals surface area contributed by atoms with E-state index in [-0.39, 0.29) is 17.1 Å². The number of esters is 1. The van der Waals surface area contributed by atoms with Gasteiger partial charge in [-0.25, -0.2) is 0 Å². The molecular weight excluding hydrogens is 340 g/mol. The maximum absolute atomic E-state index is 11.6. The van der Waals surface area contributed by atoms with Crippen LogP contribution in [0, 0.1) is 0 Å². The lowest BCUT2D eigenvalue weighted by Gasteiger charge is -2.34. The SMILES string of the molecule is CC(=O)OC(CCCc1ccccc1)c1coc([Si](C)(C)C(C)(C)C)c1. The number of aryl methyl sites for hydroxylation is 1. The predicted octanol–water partition coefficient (Wildman–Crippen LogP) is 5.62. The Morgan fingerprint density at radius 2 is 1.85 bits per heavy atom. The predicted molar refractivity (Wildman–Crippen MR) is 109 cm³/mol. The van der Waals surface area contributed by atoms with Gasteiger partial charge in [-0.05, 0) is 35.9 Å². The Labute approximate surface area is 158 Å². The summed E-state index contributed by atoms with van der Waals surface area (Å²) in [5.41, 5.74) is 2.29. The third kappa shape index (κ3) is 5.10. The van der Waals surface area contributed by atoms with Crippen molar-refractivity contribution in [2.75, 3.05) is 0 Å². The van der Waals surface area contributed by atoms with Gasteiger partial charge in [0.1, 0.15) is 14.2 Å². The fraction of sp³-hybridized carbons (Fsp3) is 0.500. The molecule has 0 aliphatic heterocycles. The van der Waals surface area contributed by atoms with Crippen molar-refractivity contribution in [1.82, 2.24) is 0 Å². The summed E-state index contributed by atoms with van der Waals surface area (Å²) in [7, 11) is -1.74. The summed E-state index contributed by atoms with van der Waals surface area (Å²) in [6.07, 6.45) is 4.28. The van der Waals surface area contributed by atoms with Crippen molar-refractivity contribution in [3.8, 4) is 0 Å². The molecule has 142 valence electrons. The molecule has 0 aliphatic rings. The molecule has 0 amide bonds. The number of carbonyl (C=O) groups is 1. The lowest BCUT2D eigenvalue weighted by Crippen LogP contribution is -2.48. The quantitative estimate of drug-likeness (QED) is 0.467. The van der Waals surface area contributed by atoms with Crippen molar-refractivity contribution in [2.24, 2.45) is 0 Å². The monoisotopic (exact) mass is 372 g/mol. The first-order valence-electron chi connectivity index (χ1n) is 9.41. The molecule has 0 bridgehead atoms. The van der Waals surface area contributed by atoms with Gasteiger partial charge in [-0.2, -0.15) is 0 Å². The highest BCUT2D eigenvalue weighted by Gasteiger charge is 2.40. The van der Waals surface area contributed by atoms with Crippen LogP contribution in [0.2, 0.25) is 18.1 Å². The highest BCUT2D eigenvalue weighted by atomic mass is 28.3. The second-order valence-corrected chi connectivity index (χ2v) is 13.8. The molecule has 0 saturated carbocycles. The van der Waals surface area contributed by atoms with Crippen molar-refractivity contribution in [3.63, 3.8) is 0 Å². The average Bonchev–Trinajstić information content (AvgIpc) is 3.04. The summed E-state index contributed by atoms with van der Waals surface area (Å²) in [4.78, 5) is 11.6. The highest BCUT2D eigenvalue weighted by molar-refractivity contribution is 6.91. The molecular formula is C22H32O3Si. The van der Waals surface area contributed by atoms with E-state index in [0.29, 0.717) is 0 Å². The fourth-order valence-electron chi connectivity index (χ4n) is 2.85. The Morgan fingerprint density at radius 3 is 2.42 bits per heavy atom. The second kappa shape index (κ2) is 8.25. The summed E-state index contributed by atoms with van der Waals surface area (Å²) in [6.45, 7) is 12.9. The third-order valence-corrected chi connectivity index (χ3v) is 10.8. The minimum atomic E-state index is -1.74. The van der Waals surface area contributed by atoms with Crippen molar-refractivity contribution >= 4 is 19.4 Å². The van der Waals surface area contributed by atoms with Crippen molar-refractivity contribution in [2.45, 2.75) is 71.2 Å². The molecule has 0 radical (unpaired) electrons. The molecule has 1 heterocycles. The van der Waals surface area contributed by atoms with Crippen LogP contribution < -0.4 is 5.38 Å². The summed E-state index contributed by atoms with van der Waals surface area (Å²) in [6, 6.07) is 12.5. The van der Waals surface area contributed by atoms with Crippen LogP contribution in [0.1, 0.15) is 57.8 Å². The molecule has 0 aliphatic carbocycles. The van der Waals surface area contributed by atoms with E-state index in [1.54, 1.807) is 6.26 Å². The molecule has 1 atom stereocenters. The third-order valence-electron chi connectivity index (χ3n) is 5.57. The standard InChI is InChI=1S/C22H32O3Si/c1-17(23)25-20(14-10-13-18-11-8-7-9-12-18)19-15-21(24-16-19)26(5,6)22(2,3)4/h7-9,11-12,15-16,20H,10,13-14H2,1-6H3. The molecule has 3 nitrogen and oxygen atoms in total. The van der Waals surface area contributed by atoms with Gasteiger partial charge >= 0.3 is 5.97 Å². The van der Waals surface area contributed by atoms with Crippen LogP contribution in [0.4, 0.5) is 0 Å². The van der Waals surface area contributed by atoms with Gasteiger partial charge in [-0.1, -0.05) is 64.2 Å². The van der Waals surface area contributed by atoms with Crippen molar-refractivity contribution < 1.29 is 13.9 Å². The molecule has 2 rings (SSSR count). The number of furan rings is 1. The van der Waals surface area contributed by atoms with E-state index in [9.17, 15) is 4.79 Å². The molecule has 2 aromatic rings. The molecule has 1 aromatic heterocycles. The lowest BCUT2D eigenvalue weighted by molar-refractivity contribution is -0.147. The number of hydrogen-bond acceptors (Lipinski definition) is 3. The number of carbonyl (C=O) groups excluding carboxylic acids is 1. The lowest BCUT2D eigenvalue weighted by atomic mass is 10.0. The van der Waals surface area contributed by atoms with Gasteiger partial charge in [0.2, 0.25) is 0 Å². The summed E-state index contributed by atoms with van der Waals surface area (Å²) >= 11 is 0. The van der Waals surface area contributed by atoms with Crippen LogP contribution in [0.25, 0.3) is 0 Å². The minimum Gasteiger partial charge on any atom is -0.474 e. The van der Waals surface area contributed by atoms with E-state index in [1.165, 1.54) is 12.5 Å². The summed E-state index contributed by atoms with van der Waals surface area (Å²) < 4.78 is 11.6. The molecule has 0 fully saturated rings. The fourth-order valence-corrected chi connectivity index (χ4v) is 4.47. The van der Waals surface area contributed by atoms with E-state index in [2.05, 4.69) is 64.2 Å². The molecule has 4 heteroatoms. The molecule has 1 unspecified atom stereocenters. The van der Waals surface area contributed by atoms with Crippen LogP contribution in [0.3, 0.4) is 0 Å². The van der Waals surface area contributed by atoms with E-state index in [1.807, 2.05) is 6.07 Å².